The first kappa shape index (κ1) is 21.3. The Morgan fingerprint density at radius 3 is 2.64 bits per heavy atom. The van der Waals surface area contributed by atoms with Crippen molar-refractivity contribution < 1.29 is 0 Å². The molecule has 0 N–H and O–H groups in total. The molecular formula is C25H23ClN6O. The van der Waals surface area contributed by atoms with Crippen LogP contribution in [0.25, 0.3) is 33.3 Å². The van der Waals surface area contributed by atoms with Crippen LogP contribution >= 0.6 is 11.6 Å². The molecule has 0 aliphatic heterocycles. The lowest BCUT2D eigenvalue weighted by molar-refractivity contribution is 0.507. The van der Waals surface area contributed by atoms with Crippen LogP contribution in [0, 0.1) is 5.92 Å². The number of hydrogen-bond donors (Lipinski definition) is 0. The van der Waals surface area contributed by atoms with Crippen LogP contribution in [0.15, 0.2) is 65.8 Å². The van der Waals surface area contributed by atoms with Crippen LogP contribution in [0.2, 0.25) is 5.15 Å². The molecule has 0 atom stereocenters. The third kappa shape index (κ3) is 4.24. The van der Waals surface area contributed by atoms with Gasteiger partial charge in [-0.25, -0.2) is 15.0 Å². The monoisotopic (exact) mass is 458 g/mol. The summed E-state index contributed by atoms with van der Waals surface area (Å²) in [6, 6.07) is 13.5. The van der Waals surface area contributed by atoms with E-state index in [1.54, 1.807) is 23.0 Å². The van der Waals surface area contributed by atoms with Crippen LogP contribution < -0.4 is 5.56 Å². The summed E-state index contributed by atoms with van der Waals surface area (Å²) < 4.78 is 3.86. The van der Waals surface area contributed by atoms with E-state index in [0.29, 0.717) is 23.3 Å². The molecular weight excluding hydrogens is 436 g/mol. The second-order valence-corrected chi connectivity index (χ2v) is 8.85. The standard InChI is InChI=1S/C25H23ClN6O/c1-16(2)9-11-31-20-7-8-22(26)29-25(20)30-23(31)15-32-21-12-17(18-4-3-10-27-13-18)5-6-19(21)28-14-24(32)33/h3-8,10,12-14,16H,9,11,15H2,1-2H3. The highest BCUT2D eigenvalue weighted by Gasteiger charge is 2.16. The maximum atomic E-state index is 12.9. The Kier molecular flexibility index (Phi) is 5.64. The number of imidazole rings is 1. The second-order valence-electron chi connectivity index (χ2n) is 8.47. The number of rotatable bonds is 6. The van der Waals surface area contributed by atoms with Gasteiger partial charge in [0.05, 0.1) is 29.3 Å². The van der Waals surface area contributed by atoms with Crippen molar-refractivity contribution in [1.82, 2.24) is 29.1 Å². The van der Waals surface area contributed by atoms with Gasteiger partial charge in [-0.2, -0.15) is 0 Å². The van der Waals surface area contributed by atoms with Crippen molar-refractivity contribution in [1.29, 1.82) is 0 Å². The number of pyridine rings is 2. The zero-order valence-electron chi connectivity index (χ0n) is 18.4. The number of nitrogens with zero attached hydrogens (tertiary/aromatic N) is 6. The minimum atomic E-state index is -0.181. The molecule has 33 heavy (non-hydrogen) atoms. The topological polar surface area (TPSA) is 78.5 Å². The average Bonchev–Trinajstić information content (AvgIpc) is 3.15. The minimum Gasteiger partial charge on any atom is -0.325 e. The first-order valence-electron chi connectivity index (χ1n) is 10.9. The molecule has 0 unspecified atom stereocenters. The summed E-state index contributed by atoms with van der Waals surface area (Å²) in [4.78, 5) is 30.6. The maximum absolute atomic E-state index is 12.9. The Bertz CT molecular complexity index is 1510. The third-order valence-corrected chi connectivity index (χ3v) is 5.94. The molecule has 8 heteroatoms. The normalized spacial score (nSPS) is 11.6. The van der Waals surface area contributed by atoms with E-state index >= 15 is 0 Å². The number of halogens is 1. The molecule has 1 aromatic carbocycles. The summed E-state index contributed by atoms with van der Waals surface area (Å²) in [5.74, 6) is 1.30. The number of aryl methyl sites for hydroxylation is 1. The predicted octanol–water partition coefficient (Wildman–Crippen LogP) is 4.95. The van der Waals surface area contributed by atoms with Gasteiger partial charge in [-0.05, 0) is 48.2 Å². The highest BCUT2D eigenvalue weighted by molar-refractivity contribution is 6.29. The van der Waals surface area contributed by atoms with Gasteiger partial charge in [0.15, 0.2) is 5.65 Å². The number of hydrogen-bond acceptors (Lipinski definition) is 5. The first-order chi connectivity index (χ1) is 16.0. The van der Waals surface area contributed by atoms with Crippen LogP contribution in [-0.4, -0.2) is 29.1 Å². The Hall–Kier alpha value is -3.58. The van der Waals surface area contributed by atoms with Crippen molar-refractivity contribution in [3.05, 3.63) is 82.4 Å². The molecule has 0 saturated carbocycles. The van der Waals surface area contributed by atoms with Gasteiger partial charge in [0, 0.05) is 24.5 Å². The van der Waals surface area contributed by atoms with Gasteiger partial charge < -0.3 is 4.57 Å². The quantitative estimate of drug-likeness (QED) is 0.336. The van der Waals surface area contributed by atoms with E-state index in [-0.39, 0.29) is 5.56 Å². The molecule has 5 rings (SSSR count). The molecule has 4 aromatic heterocycles. The summed E-state index contributed by atoms with van der Waals surface area (Å²) in [6.07, 6.45) is 5.89. The molecule has 0 spiro atoms. The molecule has 166 valence electrons. The Morgan fingerprint density at radius 2 is 1.85 bits per heavy atom. The molecule has 0 saturated heterocycles. The van der Waals surface area contributed by atoms with Crippen molar-refractivity contribution in [2.75, 3.05) is 0 Å². The Balaban J connectivity index is 1.65. The van der Waals surface area contributed by atoms with Crippen LogP contribution in [-0.2, 0) is 13.1 Å². The largest absolute Gasteiger partial charge is 0.325 e. The SMILES string of the molecule is CC(C)CCn1c(Cn2c(=O)cnc3ccc(-c4cccnc4)cc32)nc2nc(Cl)ccc21. The van der Waals surface area contributed by atoms with E-state index in [2.05, 4.69) is 33.4 Å². The molecule has 0 aliphatic rings. The first-order valence-corrected chi connectivity index (χ1v) is 11.3. The van der Waals surface area contributed by atoms with Gasteiger partial charge in [-0.15, -0.1) is 0 Å². The van der Waals surface area contributed by atoms with Gasteiger partial charge in [0.1, 0.15) is 11.0 Å². The van der Waals surface area contributed by atoms with Crippen LogP contribution in [0.4, 0.5) is 0 Å². The van der Waals surface area contributed by atoms with Gasteiger partial charge in [-0.1, -0.05) is 37.6 Å². The smallest absolute Gasteiger partial charge is 0.269 e. The molecule has 4 heterocycles. The van der Waals surface area contributed by atoms with Crippen molar-refractivity contribution >= 4 is 33.8 Å². The fourth-order valence-electron chi connectivity index (χ4n) is 3.97. The lowest BCUT2D eigenvalue weighted by Crippen LogP contribution is -2.23. The van der Waals surface area contributed by atoms with Crippen LogP contribution in [0.1, 0.15) is 26.1 Å². The van der Waals surface area contributed by atoms with Gasteiger partial charge in [0.2, 0.25) is 0 Å². The van der Waals surface area contributed by atoms with Gasteiger partial charge in [0.25, 0.3) is 5.56 Å². The number of benzene rings is 1. The molecule has 0 fully saturated rings. The second kappa shape index (κ2) is 8.75. The Labute approximate surface area is 195 Å². The maximum Gasteiger partial charge on any atom is 0.269 e. The zero-order chi connectivity index (χ0) is 22.9. The lowest BCUT2D eigenvalue weighted by Gasteiger charge is -2.14. The predicted molar refractivity (Wildman–Crippen MR) is 130 cm³/mol. The molecule has 0 bridgehead atoms. The molecule has 7 nitrogen and oxygen atoms in total. The van der Waals surface area contributed by atoms with E-state index in [4.69, 9.17) is 16.6 Å². The summed E-state index contributed by atoms with van der Waals surface area (Å²) >= 11 is 6.12. The fraction of sp³-hybridized carbons (Fsp3) is 0.240. The van der Waals surface area contributed by atoms with E-state index < -0.39 is 0 Å². The molecule has 5 aromatic rings. The van der Waals surface area contributed by atoms with Crippen molar-refractivity contribution in [3.8, 4) is 11.1 Å². The minimum absolute atomic E-state index is 0.181. The highest BCUT2D eigenvalue weighted by Crippen LogP contribution is 2.24. The van der Waals surface area contributed by atoms with Crippen molar-refractivity contribution in [2.24, 2.45) is 5.92 Å². The summed E-state index contributed by atoms with van der Waals surface area (Å²) in [7, 11) is 0. The van der Waals surface area contributed by atoms with Gasteiger partial charge >= 0.3 is 0 Å². The summed E-state index contributed by atoms with van der Waals surface area (Å²) in [5, 5.41) is 0.398. The molecule has 0 radical (unpaired) electrons. The lowest BCUT2D eigenvalue weighted by atomic mass is 10.1. The van der Waals surface area contributed by atoms with Crippen molar-refractivity contribution in [3.63, 3.8) is 0 Å². The Morgan fingerprint density at radius 1 is 0.970 bits per heavy atom. The van der Waals surface area contributed by atoms with E-state index in [9.17, 15) is 4.79 Å². The third-order valence-electron chi connectivity index (χ3n) is 5.73. The fourth-order valence-corrected chi connectivity index (χ4v) is 4.11. The van der Waals surface area contributed by atoms with E-state index in [1.807, 2.05) is 36.4 Å². The highest BCUT2D eigenvalue weighted by atomic mass is 35.5. The van der Waals surface area contributed by atoms with E-state index in [1.165, 1.54) is 6.20 Å². The van der Waals surface area contributed by atoms with Crippen LogP contribution in [0.3, 0.4) is 0 Å². The molecule has 0 amide bonds. The summed E-state index contributed by atoms with van der Waals surface area (Å²) in [5.41, 5.74) is 4.76. The summed E-state index contributed by atoms with van der Waals surface area (Å²) in [6.45, 7) is 5.47. The molecule has 0 aliphatic carbocycles. The van der Waals surface area contributed by atoms with Gasteiger partial charge in [-0.3, -0.25) is 14.3 Å². The number of aromatic nitrogens is 6. The average molecular weight is 459 g/mol. The van der Waals surface area contributed by atoms with E-state index in [0.717, 1.165) is 46.5 Å². The number of fused-ring (bicyclic) bond motifs is 2. The van der Waals surface area contributed by atoms with Crippen molar-refractivity contribution in [2.45, 2.75) is 33.4 Å². The van der Waals surface area contributed by atoms with Crippen LogP contribution in [0.5, 0.6) is 0 Å². The zero-order valence-corrected chi connectivity index (χ0v) is 19.2.